The molecule has 0 aliphatic rings. The lowest BCUT2D eigenvalue weighted by molar-refractivity contribution is 0.438. The zero-order chi connectivity index (χ0) is 9.68. The van der Waals surface area contributed by atoms with Crippen LogP contribution in [0, 0.1) is 6.04 Å². The topological polar surface area (TPSA) is 16.4 Å². The third-order valence-corrected chi connectivity index (χ3v) is 3.01. The summed E-state index contributed by atoms with van der Waals surface area (Å²) in [4.78, 5) is 2.15. The molecule has 1 aromatic heterocycles. The average molecular weight is 198 g/mol. The van der Waals surface area contributed by atoms with E-state index in [0.29, 0.717) is 0 Å². The van der Waals surface area contributed by atoms with E-state index in [0.717, 1.165) is 17.3 Å². The summed E-state index contributed by atoms with van der Waals surface area (Å²) in [5, 5.41) is 0. The van der Waals surface area contributed by atoms with Gasteiger partial charge in [0.2, 0.25) is 0 Å². The lowest BCUT2D eigenvalue weighted by Crippen LogP contribution is -2.18. The van der Waals surface area contributed by atoms with Crippen LogP contribution < -0.4 is 0 Å². The molecular weight excluding hydrogens is 182 g/mol. The highest BCUT2D eigenvalue weighted by Gasteiger charge is 2.05. The van der Waals surface area contributed by atoms with Crippen LogP contribution in [0.3, 0.4) is 0 Å². The maximum atomic E-state index is 5.23. The average Bonchev–Trinajstić information content (AvgIpc) is 2.56. The first kappa shape index (κ1) is 10.7. The van der Waals surface area contributed by atoms with Crippen LogP contribution in [0.25, 0.3) is 0 Å². The Kier molecular flexibility index (Phi) is 4.39. The van der Waals surface area contributed by atoms with Crippen molar-refractivity contribution in [3.05, 3.63) is 30.2 Å². The van der Waals surface area contributed by atoms with E-state index in [9.17, 15) is 0 Å². The first-order valence-electron chi connectivity index (χ1n) is 4.30. The summed E-state index contributed by atoms with van der Waals surface area (Å²) < 4.78 is 5.23. The van der Waals surface area contributed by atoms with E-state index >= 15 is 0 Å². The number of rotatable bonds is 5. The van der Waals surface area contributed by atoms with Crippen molar-refractivity contribution in [2.45, 2.75) is 12.7 Å². The number of furan rings is 1. The van der Waals surface area contributed by atoms with Crippen molar-refractivity contribution < 1.29 is 4.42 Å². The van der Waals surface area contributed by atoms with Gasteiger partial charge in [0.1, 0.15) is 5.76 Å². The van der Waals surface area contributed by atoms with Crippen LogP contribution in [0.5, 0.6) is 0 Å². The van der Waals surface area contributed by atoms with Crippen LogP contribution in [0.4, 0.5) is 0 Å². The summed E-state index contributed by atoms with van der Waals surface area (Å²) in [5.74, 6) is 3.07. The van der Waals surface area contributed by atoms with Gasteiger partial charge in [0.25, 0.3) is 0 Å². The highest BCUT2D eigenvalue weighted by molar-refractivity contribution is 7.98. The van der Waals surface area contributed by atoms with Crippen LogP contribution in [-0.2, 0) is 5.75 Å². The molecule has 1 rings (SSSR count). The molecule has 3 heteroatoms. The Bertz CT molecular complexity index is 221. The van der Waals surface area contributed by atoms with Crippen LogP contribution in [0.2, 0.25) is 0 Å². The maximum absolute atomic E-state index is 5.23. The number of thioether (sulfide) groups is 1. The largest absolute Gasteiger partial charge is 0.468 e. The molecule has 73 valence electrons. The fraction of sp³-hybridized carbons (Fsp3) is 0.500. The third kappa shape index (κ3) is 3.87. The molecule has 0 aromatic carbocycles. The van der Waals surface area contributed by atoms with Gasteiger partial charge in [-0.2, -0.15) is 11.8 Å². The van der Waals surface area contributed by atoms with E-state index in [1.54, 1.807) is 6.26 Å². The van der Waals surface area contributed by atoms with Gasteiger partial charge in [0.05, 0.1) is 12.0 Å². The molecule has 0 bridgehead atoms. The second-order valence-electron chi connectivity index (χ2n) is 3.20. The van der Waals surface area contributed by atoms with Crippen molar-refractivity contribution in [2.24, 2.45) is 0 Å². The Morgan fingerprint density at radius 1 is 1.54 bits per heavy atom. The summed E-state index contributed by atoms with van der Waals surface area (Å²) >= 11 is 1.87. The number of hydrogen-bond donors (Lipinski definition) is 0. The minimum Gasteiger partial charge on any atom is -0.468 e. The number of hydrogen-bond acceptors (Lipinski definition) is 3. The second-order valence-corrected chi connectivity index (χ2v) is 4.19. The molecule has 0 spiro atoms. The van der Waals surface area contributed by atoms with Crippen molar-refractivity contribution in [3.8, 4) is 0 Å². The number of nitrogens with zero attached hydrogens (tertiary/aromatic N) is 1. The van der Waals surface area contributed by atoms with Gasteiger partial charge >= 0.3 is 0 Å². The molecule has 1 aromatic rings. The molecular formula is C10H16NOS. The quantitative estimate of drug-likeness (QED) is 0.723. The standard InChI is InChI=1S/C10H16NOS/c1-9(11(2)3)7-13-8-10-5-4-6-12-10/h4-6H,7-8H2,1-3H3. The second kappa shape index (κ2) is 5.35. The smallest absolute Gasteiger partial charge is 0.113 e. The van der Waals surface area contributed by atoms with Gasteiger partial charge in [-0.1, -0.05) is 0 Å². The first-order valence-corrected chi connectivity index (χ1v) is 5.45. The van der Waals surface area contributed by atoms with Gasteiger partial charge in [-0.3, -0.25) is 0 Å². The minimum atomic E-state index is 0.957. The van der Waals surface area contributed by atoms with Crippen molar-refractivity contribution in [1.29, 1.82) is 0 Å². The van der Waals surface area contributed by atoms with Crippen LogP contribution >= 0.6 is 11.8 Å². The van der Waals surface area contributed by atoms with Gasteiger partial charge in [-0.25, -0.2) is 0 Å². The fourth-order valence-corrected chi connectivity index (χ4v) is 1.84. The summed E-state index contributed by atoms with van der Waals surface area (Å²) in [5.41, 5.74) is 0. The van der Waals surface area contributed by atoms with E-state index in [2.05, 4.69) is 25.9 Å². The highest BCUT2D eigenvalue weighted by atomic mass is 32.2. The predicted molar refractivity (Wildman–Crippen MR) is 57.5 cm³/mol. The monoisotopic (exact) mass is 198 g/mol. The molecule has 0 fully saturated rings. The third-order valence-electron chi connectivity index (χ3n) is 1.90. The van der Waals surface area contributed by atoms with Crippen molar-refractivity contribution in [2.75, 3.05) is 19.8 Å². The fourth-order valence-electron chi connectivity index (χ4n) is 0.823. The normalized spacial score (nSPS) is 11.5. The van der Waals surface area contributed by atoms with Gasteiger partial charge < -0.3 is 9.32 Å². The molecule has 2 nitrogen and oxygen atoms in total. The Balaban J connectivity index is 2.14. The minimum absolute atomic E-state index is 0.957. The Morgan fingerprint density at radius 2 is 2.31 bits per heavy atom. The van der Waals surface area contributed by atoms with Crippen molar-refractivity contribution >= 4 is 11.8 Å². The molecule has 0 aliphatic heterocycles. The van der Waals surface area contributed by atoms with Gasteiger partial charge in [-0.05, 0) is 33.2 Å². The Hall–Kier alpha value is -0.410. The molecule has 0 atom stereocenters. The van der Waals surface area contributed by atoms with E-state index in [1.807, 2.05) is 23.9 Å². The van der Waals surface area contributed by atoms with Gasteiger partial charge in [0.15, 0.2) is 0 Å². The first-order chi connectivity index (χ1) is 6.20. The Labute approximate surface area is 84.3 Å². The molecule has 0 N–H and O–H groups in total. The predicted octanol–water partition coefficient (Wildman–Crippen LogP) is 2.63. The van der Waals surface area contributed by atoms with E-state index in [-0.39, 0.29) is 0 Å². The molecule has 13 heavy (non-hydrogen) atoms. The molecule has 0 saturated heterocycles. The zero-order valence-corrected chi connectivity index (χ0v) is 9.23. The highest BCUT2D eigenvalue weighted by Crippen LogP contribution is 2.17. The molecule has 0 amide bonds. The van der Waals surface area contributed by atoms with Gasteiger partial charge in [-0.15, -0.1) is 0 Å². The summed E-state index contributed by atoms with van der Waals surface area (Å²) in [7, 11) is 4.14. The molecule has 1 heterocycles. The molecule has 0 aliphatic carbocycles. The summed E-state index contributed by atoms with van der Waals surface area (Å²) in [6.07, 6.45) is 1.72. The van der Waals surface area contributed by atoms with Crippen LogP contribution in [0.1, 0.15) is 12.7 Å². The van der Waals surface area contributed by atoms with Crippen LogP contribution in [-0.4, -0.2) is 24.7 Å². The zero-order valence-electron chi connectivity index (χ0n) is 8.41. The lowest BCUT2D eigenvalue weighted by atomic mass is 10.4. The van der Waals surface area contributed by atoms with E-state index in [1.165, 1.54) is 6.04 Å². The maximum Gasteiger partial charge on any atom is 0.113 e. The van der Waals surface area contributed by atoms with E-state index in [4.69, 9.17) is 4.42 Å². The molecule has 0 unspecified atom stereocenters. The lowest BCUT2D eigenvalue weighted by Gasteiger charge is -2.17. The summed E-state index contributed by atoms with van der Waals surface area (Å²) in [6.45, 7) is 2.15. The van der Waals surface area contributed by atoms with Crippen LogP contribution in [0.15, 0.2) is 22.8 Å². The van der Waals surface area contributed by atoms with Crippen molar-refractivity contribution in [3.63, 3.8) is 0 Å². The SMILES string of the molecule is C[C](CSCc1ccco1)N(C)C. The Morgan fingerprint density at radius 3 is 2.85 bits per heavy atom. The van der Waals surface area contributed by atoms with Gasteiger partial charge in [0, 0.05) is 11.8 Å². The van der Waals surface area contributed by atoms with E-state index < -0.39 is 0 Å². The summed E-state index contributed by atoms with van der Waals surface area (Å²) in [6, 6.07) is 5.33. The van der Waals surface area contributed by atoms with Crippen molar-refractivity contribution in [1.82, 2.24) is 4.90 Å². The molecule has 0 saturated carbocycles. The molecule has 1 radical (unpaired) electrons.